The number of benzene rings is 1. The number of hydrogen-bond acceptors (Lipinski definition) is 5. The van der Waals surface area contributed by atoms with Crippen molar-refractivity contribution in [2.45, 2.75) is 19.3 Å². The first-order chi connectivity index (χ1) is 13.8. The quantitative estimate of drug-likeness (QED) is 0.719. The highest BCUT2D eigenvalue weighted by molar-refractivity contribution is 5.95. The second-order valence-corrected chi connectivity index (χ2v) is 6.90. The molecule has 2 aromatic heterocycles. The lowest BCUT2D eigenvalue weighted by atomic mass is 10.1. The predicted octanol–water partition coefficient (Wildman–Crippen LogP) is 3.11. The fraction of sp³-hybridized carbons (Fsp3) is 0.273. The highest BCUT2D eigenvalue weighted by Crippen LogP contribution is 2.24. The molecule has 1 saturated heterocycles. The zero-order chi connectivity index (χ0) is 19.2. The lowest BCUT2D eigenvalue weighted by Crippen LogP contribution is -2.25. The monoisotopic (exact) mass is 373 g/mol. The van der Waals surface area contributed by atoms with Crippen molar-refractivity contribution in [2.75, 3.05) is 24.5 Å². The molecule has 28 heavy (non-hydrogen) atoms. The fourth-order valence-electron chi connectivity index (χ4n) is 3.42. The van der Waals surface area contributed by atoms with Gasteiger partial charge in [0.25, 0.3) is 5.91 Å². The minimum atomic E-state index is -0.0959. The summed E-state index contributed by atoms with van der Waals surface area (Å²) < 4.78 is 0. The summed E-state index contributed by atoms with van der Waals surface area (Å²) in [7, 11) is 0. The van der Waals surface area contributed by atoms with Crippen LogP contribution in [0.5, 0.6) is 0 Å². The first-order valence-electron chi connectivity index (χ1n) is 9.66. The maximum absolute atomic E-state index is 12.5. The van der Waals surface area contributed by atoms with Crippen LogP contribution in [0.15, 0.2) is 60.9 Å². The molecule has 4 rings (SSSR count). The maximum Gasteiger partial charge on any atom is 0.251 e. The smallest absolute Gasteiger partial charge is 0.251 e. The van der Waals surface area contributed by atoms with Crippen LogP contribution in [0.1, 0.15) is 28.9 Å². The Hall–Kier alpha value is -3.28. The van der Waals surface area contributed by atoms with Gasteiger partial charge in [0.1, 0.15) is 0 Å². The highest BCUT2D eigenvalue weighted by atomic mass is 16.1. The molecule has 1 aliphatic heterocycles. The van der Waals surface area contributed by atoms with Crippen LogP contribution in [-0.2, 0) is 6.42 Å². The third-order valence-corrected chi connectivity index (χ3v) is 4.92. The lowest BCUT2D eigenvalue weighted by Gasteiger charge is -2.17. The van der Waals surface area contributed by atoms with Gasteiger partial charge in [-0.3, -0.25) is 9.78 Å². The van der Waals surface area contributed by atoms with Crippen LogP contribution in [0.2, 0.25) is 0 Å². The molecule has 0 saturated carbocycles. The molecule has 1 aliphatic rings. The Bertz CT molecular complexity index is 938. The van der Waals surface area contributed by atoms with Gasteiger partial charge in [0.2, 0.25) is 0 Å². The number of anilines is 1. The Morgan fingerprint density at radius 1 is 1.07 bits per heavy atom. The molecule has 6 heteroatoms. The number of amides is 1. The van der Waals surface area contributed by atoms with Gasteiger partial charge in [0, 0.05) is 49.1 Å². The topological polar surface area (TPSA) is 71.0 Å². The van der Waals surface area contributed by atoms with Crippen LogP contribution in [-0.4, -0.2) is 40.7 Å². The Kier molecular flexibility index (Phi) is 5.56. The van der Waals surface area contributed by atoms with Gasteiger partial charge in [-0.25, -0.2) is 0 Å². The van der Waals surface area contributed by atoms with Crippen molar-refractivity contribution >= 4 is 11.6 Å². The zero-order valence-corrected chi connectivity index (χ0v) is 15.7. The molecule has 1 amide bonds. The molecule has 142 valence electrons. The SMILES string of the molecule is O=C(NCCc1ccccn1)c1cccc(-c2cc(N3CCCC3)cnn2)c1. The van der Waals surface area contributed by atoms with Crippen molar-refractivity contribution in [3.05, 3.63) is 72.2 Å². The fourth-order valence-corrected chi connectivity index (χ4v) is 3.42. The summed E-state index contributed by atoms with van der Waals surface area (Å²) in [5.74, 6) is -0.0959. The van der Waals surface area contributed by atoms with E-state index in [-0.39, 0.29) is 5.91 Å². The number of aromatic nitrogens is 3. The van der Waals surface area contributed by atoms with Gasteiger partial charge >= 0.3 is 0 Å². The Morgan fingerprint density at radius 3 is 2.79 bits per heavy atom. The third-order valence-electron chi connectivity index (χ3n) is 4.92. The number of hydrogen-bond donors (Lipinski definition) is 1. The molecule has 0 radical (unpaired) electrons. The molecule has 6 nitrogen and oxygen atoms in total. The molecule has 0 atom stereocenters. The average Bonchev–Trinajstić information content (AvgIpc) is 3.30. The summed E-state index contributed by atoms with van der Waals surface area (Å²) in [6, 6.07) is 15.4. The molecule has 1 N–H and O–H groups in total. The summed E-state index contributed by atoms with van der Waals surface area (Å²) >= 11 is 0. The third kappa shape index (κ3) is 4.34. The maximum atomic E-state index is 12.5. The van der Waals surface area contributed by atoms with Gasteiger partial charge in [0.15, 0.2) is 0 Å². The molecule has 1 aromatic carbocycles. The van der Waals surface area contributed by atoms with Crippen molar-refractivity contribution < 1.29 is 4.79 Å². The van der Waals surface area contributed by atoms with Crippen molar-refractivity contribution in [1.82, 2.24) is 20.5 Å². The van der Waals surface area contributed by atoms with Gasteiger partial charge in [-0.1, -0.05) is 18.2 Å². The normalized spacial score (nSPS) is 13.5. The van der Waals surface area contributed by atoms with Crippen LogP contribution >= 0.6 is 0 Å². The highest BCUT2D eigenvalue weighted by Gasteiger charge is 2.14. The lowest BCUT2D eigenvalue weighted by molar-refractivity contribution is 0.0954. The largest absolute Gasteiger partial charge is 0.370 e. The van der Waals surface area contributed by atoms with Gasteiger partial charge in [-0.05, 0) is 43.2 Å². The van der Waals surface area contributed by atoms with Gasteiger partial charge in [0.05, 0.1) is 17.6 Å². The summed E-state index contributed by atoms with van der Waals surface area (Å²) in [4.78, 5) is 19.1. The Morgan fingerprint density at radius 2 is 1.96 bits per heavy atom. The minimum Gasteiger partial charge on any atom is -0.370 e. The number of carbonyl (C=O) groups is 1. The Balaban J connectivity index is 1.44. The number of nitrogens with zero attached hydrogens (tertiary/aromatic N) is 4. The van der Waals surface area contributed by atoms with Gasteiger partial charge in [-0.15, -0.1) is 0 Å². The van der Waals surface area contributed by atoms with E-state index in [1.165, 1.54) is 12.8 Å². The first kappa shape index (κ1) is 18.1. The number of rotatable bonds is 6. The molecular weight excluding hydrogens is 350 g/mol. The summed E-state index contributed by atoms with van der Waals surface area (Å²) in [6.45, 7) is 2.66. The van der Waals surface area contributed by atoms with E-state index in [0.29, 0.717) is 18.5 Å². The second kappa shape index (κ2) is 8.61. The molecule has 0 aliphatic carbocycles. The zero-order valence-electron chi connectivity index (χ0n) is 15.7. The van der Waals surface area contributed by atoms with Crippen LogP contribution in [0.25, 0.3) is 11.3 Å². The molecule has 0 spiro atoms. The average molecular weight is 373 g/mol. The molecule has 3 aromatic rings. The van der Waals surface area contributed by atoms with E-state index in [4.69, 9.17) is 0 Å². The van der Waals surface area contributed by atoms with Crippen molar-refractivity contribution in [2.24, 2.45) is 0 Å². The molecule has 3 heterocycles. The van der Waals surface area contributed by atoms with E-state index in [1.807, 2.05) is 48.7 Å². The predicted molar refractivity (Wildman–Crippen MR) is 109 cm³/mol. The van der Waals surface area contributed by atoms with E-state index in [1.54, 1.807) is 6.20 Å². The first-order valence-corrected chi connectivity index (χ1v) is 9.66. The molecule has 1 fully saturated rings. The number of nitrogens with one attached hydrogen (secondary N) is 1. The summed E-state index contributed by atoms with van der Waals surface area (Å²) in [5, 5.41) is 11.4. The van der Waals surface area contributed by atoms with E-state index >= 15 is 0 Å². The minimum absolute atomic E-state index is 0.0959. The van der Waals surface area contributed by atoms with Crippen LogP contribution in [0.4, 0.5) is 5.69 Å². The van der Waals surface area contributed by atoms with Gasteiger partial charge < -0.3 is 10.2 Å². The second-order valence-electron chi connectivity index (χ2n) is 6.90. The van der Waals surface area contributed by atoms with E-state index < -0.39 is 0 Å². The van der Waals surface area contributed by atoms with Crippen molar-refractivity contribution in [3.63, 3.8) is 0 Å². The van der Waals surface area contributed by atoms with Crippen LogP contribution in [0, 0.1) is 0 Å². The molecule has 0 bridgehead atoms. The van der Waals surface area contributed by atoms with E-state index in [0.717, 1.165) is 35.7 Å². The molecular formula is C22H23N5O. The summed E-state index contributed by atoms with van der Waals surface area (Å²) in [6.07, 6.45) is 6.70. The van der Waals surface area contributed by atoms with E-state index in [2.05, 4.69) is 31.5 Å². The number of pyridine rings is 1. The van der Waals surface area contributed by atoms with Crippen molar-refractivity contribution in [3.8, 4) is 11.3 Å². The number of carbonyl (C=O) groups excluding carboxylic acids is 1. The van der Waals surface area contributed by atoms with E-state index in [9.17, 15) is 4.79 Å². The van der Waals surface area contributed by atoms with Gasteiger partial charge in [-0.2, -0.15) is 10.2 Å². The van der Waals surface area contributed by atoms with Crippen molar-refractivity contribution in [1.29, 1.82) is 0 Å². The van der Waals surface area contributed by atoms with Crippen LogP contribution in [0.3, 0.4) is 0 Å². The summed E-state index contributed by atoms with van der Waals surface area (Å²) in [5.41, 5.74) is 4.35. The Labute approximate surface area is 164 Å². The van der Waals surface area contributed by atoms with Crippen LogP contribution < -0.4 is 10.2 Å². The standard InChI is InChI=1S/C22H23N5O/c28-22(24-11-9-19-8-1-2-10-23-19)18-7-5-6-17(14-18)21-15-20(16-25-26-21)27-12-3-4-13-27/h1-2,5-8,10,14-16H,3-4,9,11-13H2,(H,24,28). The molecule has 0 unspecified atom stereocenters.